The van der Waals surface area contributed by atoms with Crippen LogP contribution in [-0.2, 0) is 22.4 Å². The quantitative estimate of drug-likeness (QED) is 0.258. The number of carbonyl (C=O) groups excluding carboxylic acids is 1. The molecule has 0 saturated heterocycles. The Morgan fingerprint density at radius 3 is 2.13 bits per heavy atom. The van der Waals surface area contributed by atoms with E-state index in [0.717, 1.165) is 40.1 Å². The normalized spacial score (nSPS) is 11.9. The van der Waals surface area contributed by atoms with Crippen molar-refractivity contribution in [2.45, 2.75) is 26.8 Å². The predicted molar refractivity (Wildman–Crippen MR) is 143 cm³/mol. The van der Waals surface area contributed by atoms with E-state index in [1.54, 1.807) is 42.5 Å². The van der Waals surface area contributed by atoms with Crippen molar-refractivity contribution < 1.29 is 38.0 Å². The fourth-order valence-corrected chi connectivity index (χ4v) is 5.05. The van der Waals surface area contributed by atoms with E-state index in [1.807, 2.05) is 31.2 Å². The zero-order valence-electron chi connectivity index (χ0n) is 23.1. The van der Waals surface area contributed by atoms with Crippen molar-refractivity contribution in [3.63, 3.8) is 0 Å². The Morgan fingerprint density at radius 2 is 1.55 bits per heavy atom. The summed E-state index contributed by atoms with van der Waals surface area (Å²) >= 11 is 0. The highest BCUT2D eigenvalue weighted by Crippen LogP contribution is 2.48. The molecular weight excluding hydrogens is 490 g/mol. The van der Waals surface area contributed by atoms with Gasteiger partial charge in [-0.15, -0.1) is 0 Å². The summed E-state index contributed by atoms with van der Waals surface area (Å²) in [6, 6.07) is 7.63. The molecule has 0 unspecified atom stereocenters. The summed E-state index contributed by atoms with van der Waals surface area (Å²) in [6.45, 7) is 5.62. The zero-order chi connectivity index (χ0) is 27.4. The van der Waals surface area contributed by atoms with Gasteiger partial charge in [0.25, 0.3) is 0 Å². The Kier molecular flexibility index (Phi) is 8.36. The average molecular weight is 526 g/mol. The topological polar surface area (TPSA) is 86.6 Å². The van der Waals surface area contributed by atoms with E-state index in [2.05, 4.69) is 4.57 Å². The number of nitrogens with zero attached hydrogens (tertiary/aromatic N) is 1. The number of esters is 1. The number of carbonyl (C=O) groups is 1. The minimum atomic E-state index is -0.402. The molecule has 1 aliphatic rings. The maximum Gasteiger partial charge on any atom is 0.340 e. The third kappa shape index (κ3) is 4.74. The summed E-state index contributed by atoms with van der Waals surface area (Å²) in [5.74, 6) is 2.30. The highest BCUT2D eigenvalue weighted by atomic mass is 16.5. The van der Waals surface area contributed by atoms with Gasteiger partial charge in [-0.2, -0.15) is 0 Å². The van der Waals surface area contributed by atoms with Gasteiger partial charge in [-0.3, -0.25) is 0 Å². The summed E-state index contributed by atoms with van der Waals surface area (Å²) in [5.41, 5.74) is 5.67. The van der Waals surface area contributed by atoms with Crippen molar-refractivity contribution >= 4 is 5.97 Å². The molecule has 204 valence electrons. The molecule has 2 heterocycles. The van der Waals surface area contributed by atoms with Crippen LogP contribution >= 0.6 is 0 Å². The van der Waals surface area contributed by atoms with Crippen molar-refractivity contribution in [2.24, 2.45) is 0 Å². The van der Waals surface area contributed by atoms with Gasteiger partial charge in [0.15, 0.2) is 23.0 Å². The van der Waals surface area contributed by atoms with Crippen LogP contribution in [0.1, 0.15) is 28.5 Å². The molecule has 0 saturated carbocycles. The third-order valence-electron chi connectivity index (χ3n) is 6.75. The van der Waals surface area contributed by atoms with Crippen molar-refractivity contribution in [2.75, 3.05) is 55.4 Å². The smallest absolute Gasteiger partial charge is 0.340 e. The van der Waals surface area contributed by atoms with Crippen molar-refractivity contribution in [1.29, 1.82) is 0 Å². The number of hydrogen-bond donors (Lipinski definition) is 0. The molecule has 0 amide bonds. The largest absolute Gasteiger partial charge is 0.493 e. The van der Waals surface area contributed by atoms with Crippen LogP contribution in [0, 0.1) is 6.92 Å². The molecular formula is C29H35NO8. The zero-order valence-corrected chi connectivity index (χ0v) is 23.1. The van der Waals surface area contributed by atoms with Gasteiger partial charge < -0.3 is 37.7 Å². The van der Waals surface area contributed by atoms with Gasteiger partial charge in [0, 0.05) is 30.5 Å². The molecule has 9 heteroatoms. The lowest BCUT2D eigenvalue weighted by Crippen LogP contribution is -2.15. The lowest BCUT2D eigenvalue weighted by molar-refractivity contribution is 0.0528. The van der Waals surface area contributed by atoms with Crippen LogP contribution in [0.15, 0.2) is 24.3 Å². The molecule has 0 radical (unpaired) electrons. The number of hydrogen-bond acceptors (Lipinski definition) is 8. The summed E-state index contributed by atoms with van der Waals surface area (Å²) in [4.78, 5) is 13.6. The van der Waals surface area contributed by atoms with Gasteiger partial charge in [-0.25, -0.2) is 4.79 Å². The van der Waals surface area contributed by atoms with Crippen molar-refractivity contribution in [3.05, 3.63) is 41.1 Å². The highest BCUT2D eigenvalue weighted by Gasteiger charge is 2.33. The minimum absolute atomic E-state index is 0.250. The van der Waals surface area contributed by atoms with Gasteiger partial charge >= 0.3 is 5.97 Å². The number of ether oxygens (including phenoxy) is 7. The van der Waals surface area contributed by atoms with Crippen LogP contribution < -0.4 is 23.7 Å². The van der Waals surface area contributed by atoms with Crippen LogP contribution in [0.2, 0.25) is 0 Å². The van der Waals surface area contributed by atoms with Gasteiger partial charge in [-0.1, -0.05) is 0 Å². The van der Waals surface area contributed by atoms with Gasteiger partial charge in [0.1, 0.15) is 6.61 Å². The first-order valence-electron chi connectivity index (χ1n) is 12.5. The van der Waals surface area contributed by atoms with Crippen LogP contribution in [-0.4, -0.2) is 65.9 Å². The number of fused-ring (bicyclic) bond motifs is 3. The highest BCUT2D eigenvalue weighted by molar-refractivity contribution is 6.06. The summed E-state index contributed by atoms with van der Waals surface area (Å²) in [7, 11) is 7.93. The molecule has 0 atom stereocenters. The van der Waals surface area contributed by atoms with E-state index in [-0.39, 0.29) is 6.61 Å². The van der Waals surface area contributed by atoms with E-state index >= 15 is 0 Å². The molecule has 0 N–H and O–H groups in total. The minimum Gasteiger partial charge on any atom is -0.493 e. The van der Waals surface area contributed by atoms with Gasteiger partial charge in [0.05, 0.1) is 52.9 Å². The van der Waals surface area contributed by atoms with Crippen LogP contribution in [0.5, 0.6) is 28.7 Å². The molecule has 1 aliphatic heterocycles. The number of aryl methyl sites for hydroxylation is 1. The van der Waals surface area contributed by atoms with Crippen LogP contribution in [0.3, 0.4) is 0 Å². The molecule has 0 spiro atoms. The molecule has 1 aromatic heterocycles. The number of aromatic nitrogens is 1. The standard InChI is InChI=1S/C29H35NO8/c1-8-37-29(31)26-25(19-14-23(34-5)28(36-7)24(15-19)35-6)17(2)30-10-9-18-13-22(38-12-11-32-3)21(33-4)16-20(18)27(26)30/h13-16H,8-12H2,1-7H3. The van der Waals surface area contributed by atoms with Crippen molar-refractivity contribution in [3.8, 4) is 51.1 Å². The molecule has 0 bridgehead atoms. The molecule has 3 aromatic rings. The maximum absolute atomic E-state index is 13.6. The van der Waals surface area contributed by atoms with E-state index in [4.69, 9.17) is 33.2 Å². The fourth-order valence-electron chi connectivity index (χ4n) is 5.05. The summed E-state index contributed by atoms with van der Waals surface area (Å²) < 4.78 is 41.2. The van der Waals surface area contributed by atoms with Crippen LogP contribution in [0.4, 0.5) is 0 Å². The Balaban J connectivity index is 1.98. The molecule has 0 fully saturated rings. The number of methoxy groups -OCH3 is 5. The fraction of sp³-hybridized carbons (Fsp3) is 0.414. The van der Waals surface area contributed by atoms with Gasteiger partial charge in [0.2, 0.25) is 5.75 Å². The summed E-state index contributed by atoms with van der Waals surface area (Å²) in [6.07, 6.45) is 0.763. The first-order chi connectivity index (χ1) is 18.4. The second-order valence-corrected chi connectivity index (χ2v) is 8.72. The Bertz CT molecular complexity index is 1300. The second-order valence-electron chi connectivity index (χ2n) is 8.72. The Hall–Kier alpha value is -3.85. The van der Waals surface area contributed by atoms with Crippen LogP contribution in [0.25, 0.3) is 22.4 Å². The first kappa shape index (κ1) is 27.2. The molecule has 38 heavy (non-hydrogen) atoms. The first-order valence-corrected chi connectivity index (χ1v) is 12.5. The summed E-state index contributed by atoms with van der Waals surface area (Å²) in [5, 5.41) is 0. The molecule has 2 aromatic carbocycles. The maximum atomic E-state index is 13.6. The van der Waals surface area contributed by atoms with E-state index < -0.39 is 5.97 Å². The van der Waals surface area contributed by atoms with E-state index in [1.165, 1.54) is 0 Å². The molecule has 4 rings (SSSR count). The SMILES string of the molecule is CCOC(=O)c1c(-c2cc(OC)c(OC)c(OC)c2)c(C)n2c1-c1cc(OC)c(OCCOC)cc1CC2. The Morgan fingerprint density at radius 1 is 0.868 bits per heavy atom. The Labute approximate surface area is 223 Å². The number of rotatable bonds is 11. The lowest BCUT2D eigenvalue weighted by atomic mass is 9.93. The monoisotopic (exact) mass is 525 g/mol. The molecule has 0 aliphatic carbocycles. The van der Waals surface area contributed by atoms with Crippen molar-refractivity contribution in [1.82, 2.24) is 4.57 Å². The average Bonchev–Trinajstić information content (AvgIpc) is 3.24. The second kappa shape index (κ2) is 11.7. The van der Waals surface area contributed by atoms with Gasteiger partial charge in [-0.05, 0) is 55.7 Å². The lowest BCUT2D eigenvalue weighted by Gasteiger charge is -2.23. The van der Waals surface area contributed by atoms with E-state index in [9.17, 15) is 4.79 Å². The number of benzene rings is 2. The molecule has 9 nitrogen and oxygen atoms in total. The predicted octanol–water partition coefficient (Wildman–Crippen LogP) is 4.92. The van der Waals surface area contributed by atoms with E-state index in [0.29, 0.717) is 54.1 Å². The third-order valence-corrected chi connectivity index (χ3v) is 6.75.